The maximum atomic E-state index is 12.5. The Morgan fingerprint density at radius 2 is 1.83 bits per heavy atom. The zero-order valence-electron chi connectivity index (χ0n) is 16.8. The lowest BCUT2D eigenvalue weighted by atomic mass is 9.98. The van der Waals surface area contributed by atoms with Gasteiger partial charge in [-0.1, -0.05) is 43.2 Å². The smallest absolute Gasteiger partial charge is 0.326 e. The van der Waals surface area contributed by atoms with Gasteiger partial charge in [0.2, 0.25) is 0 Å². The van der Waals surface area contributed by atoms with Crippen LogP contribution in [0.2, 0.25) is 0 Å². The van der Waals surface area contributed by atoms with Gasteiger partial charge in [0.1, 0.15) is 12.1 Å². The van der Waals surface area contributed by atoms with Crippen LogP contribution in [0.25, 0.3) is 0 Å². The molecule has 1 heterocycles. The van der Waals surface area contributed by atoms with Crippen molar-refractivity contribution in [1.29, 1.82) is 0 Å². The number of rotatable bonds is 8. The Kier molecular flexibility index (Phi) is 6.49. The molecule has 1 aliphatic carbocycles. The topological polar surface area (TPSA) is 122 Å². The Morgan fingerprint density at radius 1 is 1.17 bits per heavy atom. The summed E-state index contributed by atoms with van der Waals surface area (Å²) in [7, 11) is 0. The van der Waals surface area contributed by atoms with Crippen LogP contribution in [0.3, 0.4) is 0 Å². The third kappa shape index (κ3) is 4.84. The monoisotopic (exact) mass is 415 g/mol. The number of carbonyl (C=O) groups is 5. The largest absolute Gasteiger partial charge is 0.454 e. The fourth-order valence-electron chi connectivity index (χ4n) is 3.84. The molecule has 2 fully saturated rings. The lowest BCUT2D eigenvalue weighted by Gasteiger charge is -2.19. The Labute approximate surface area is 174 Å². The number of esters is 1. The molecule has 30 heavy (non-hydrogen) atoms. The summed E-state index contributed by atoms with van der Waals surface area (Å²) in [6.45, 7) is 0.211. The van der Waals surface area contributed by atoms with Crippen LogP contribution < -0.4 is 10.6 Å². The van der Waals surface area contributed by atoms with E-state index in [4.69, 9.17) is 4.74 Å². The molecule has 9 heteroatoms. The summed E-state index contributed by atoms with van der Waals surface area (Å²) in [5, 5.41) is 5.22. The minimum atomic E-state index is -0.902. The quantitative estimate of drug-likeness (QED) is 0.476. The number of urea groups is 1. The molecule has 0 unspecified atom stereocenters. The number of amides is 4. The molecule has 1 aromatic rings. The van der Waals surface area contributed by atoms with E-state index in [1.54, 1.807) is 0 Å². The third-order valence-electron chi connectivity index (χ3n) is 5.46. The molecular formula is C21H25N3O6. The summed E-state index contributed by atoms with van der Waals surface area (Å²) in [5.74, 6) is -2.15. The van der Waals surface area contributed by atoms with Crippen molar-refractivity contribution >= 4 is 29.6 Å². The van der Waals surface area contributed by atoms with Gasteiger partial charge in [-0.2, -0.15) is 0 Å². The first-order chi connectivity index (χ1) is 14.3. The van der Waals surface area contributed by atoms with Gasteiger partial charge in [0.05, 0.1) is 6.04 Å². The SMILES string of the molecule is CC(=O)[C@H](Cc1ccccc1)NC(=O)COC(=O)CN1C(=O)NC2(CCCC2)C1=O. The number of hydrogen-bond acceptors (Lipinski definition) is 6. The zero-order valence-corrected chi connectivity index (χ0v) is 16.8. The van der Waals surface area contributed by atoms with Crippen molar-refractivity contribution < 1.29 is 28.7 Å². The Balaban J connectivity index is 1.48. The highest BCUT2D eigenvalue weighted by molar-refractivity contribution is 6.08. The fraction of sp³-hybridized carbons (Fsp3) is 0.476. The van der Waals surface area contributed by atoms with Crippen LogP contribution in [-0.4, -0.2) is 59.2 Å². The molecule has 9 nitrogen and oxygen atoms in total. The molecule has 1 saturated heterocycles. The van der Waals surface area contributed by atoms with Gasteiger partial charge in [-0.15, -0.1) is 0 Å². The number of ketones is 1. The van der Waals surface area contributed by atoms with Crippen LogP contribution in [0, 0.1) is 0 Å². The van der Waals surface area contributed by atoms with Crippen LogP contribution in [0.1, 0.15) is 38.2 Å². The molecule has 1 aromatic carbocycles. The predicted octanol–water partition coefficient (Wildman–Crippen LogP) is 0.711. The van der Waals surface area contributed by atoms with Crippen LogP contribution in [0.15, 0.2) is 30.3 Å². The van der Waals surface area contributed by atoms with Crippen molar-refractivity contribution in [2.75, 3.05) is 13.2 Å². The van der Waals surface area contributed by atoms with Crippen LogP contribution in [-0.2, 0) is 30.3 Å². The van der Waals surface area contributed by atoms with E-state index < -0.39 is 48.5 Å². The van der Waals surface area contributed by atoms with Gasteiger partial charge in [-0.25, -0.2) is 4.79 Å². The molecule has 0 radical (unpaired) electrons. The molecule has 1 atom stereocenters. The maximum absolute atomic E-state index is 12.5. The predicted molar refractivity (Wildman–Crippen MR) is 105 cm³/mol. The number of benzene rings is 1. The second-order valence-corrected chi connectivity index (χ2v) is 7.69. The van der Waals surface area contributed by atoms with Gasteiger partial charge in [0.25, 0.3) is 11.8 Å². The minimum Gasteiger partial charge on any atom is -0.454 e. The normalized spacial score (nSPS) is 18.2. The molecule has 2 N–H and O–H groups in total. The maximum Gasteiger partial charge on any atom is 0.326 e. The van der Waals surface area contributed by atoms with Crippen molar-refractivity contribution in [2.45, 2.75) is 50.6 Å². The fourth-order valence-corrected chi connectivity index (χ4v) is 3.84. The molecule has 1 spiro atoms. The van der Waals surface area contributed by atoms with E-state index in [-0.39, 0.29) is 5.78 Å². The highest BCUT2D eigenvalue weighted by atomic mass is 16.5. The summed E-state index contributed by atoms with van der Waals surface area (Å²) in [6, 6.07) is 7.84. The molecule has 2 aliphatic rings. The first-order valence-electron chi connectivity index (χ1n) is 9.94. The Bertz CT molecular complexity index is 848. The average Bonchev–Trinajstić information content (AvgIpc) is 3.27. The summed E-state index contributed by atoms with van der Waals surface area (Å²) < 4.78 is 4.91. The Hall–Kier alpha value is -3.23. The molecule has 3 rings (SSSR count). The van der Waals surface area contributed by atoms with Crippen LogP contribution in [0.5, 0.6) is 0 Å². The summed E-state index contributed by atoms with van der Waals surface area (Å²) in [5.41, 5.74) is -0.0182. The van der Waals surface area contributed by atoms with E-state index >= 15 is 0 Å². The van der Waals surface area contributed by atoms with E-state index in [1.807, 2.05) is 30.3 Å². The summed E-state index contributed by atoms with van der Waals surface area (Å²) in [4.78, 5) is 61.5. The van der Waals surface area contributed by atoms with E-state index in [0.29, 0.717) is 19.3 Å². The molecule has 1 aliphatic heterocycles. The van der Waals surface area contributed by atoms with Gasteiger partial charge in [0, 0.05) is 0 Å². The third-order valence-corrected chi connectivity index (χ3v) is 5.46. The molecule has 160 valence electrons. The molecule has 4 amide bonds. The number of Topliss-reactive ketones (excluding diaryl/α,β-unsaturated/α-hetero) is 1. The highest BCUT2D eigenvalue weighted by Crippen LogP contribution is 2.34. The first kappa shape index (κ1) is 21.5. The molecule has 0 aromatic heterocycles. The number of hydrogen-bond donors (Lipinski definition) is 2. The minimum absolute atomic E-state index is 0.222. The number of carbonyl (C=O) groups excluding carboxylic acids is 5. The van der Waals surface area contributed by atoms with Gasteiger partial charge < -0.3 is 15.4 Å². The van der Waals surface area contributed by atoms with Gasteiger partial charge in [-0.05, 0) is 31.7 Å². The zero-order chi connectivity index (χ0) is 21.7. The van der Waals surface area contributed by atoms with Crippen molar-refractivity contribution in [1.82, 2.24) is 15.5 Å². The van der Waals surface area contributed by atoms with Crippen molar-refractivity contribution in [3.8, 4) is 0 Å². The number of nitrogens with one attached hydrogen (secondary N) is 2. The number of imide groups is 1. The van der Waals surface area contributed by atoms with Crippen molar-refractivity contribution in [3.63, 3.8) is 0 Å². The number of nitrogens with zero attached hydrogens (tertiary/aromatic N) is 1. The lowest BCUT2D eigenvalue weighted by Crippen LogP contribution is -2.45. The van der Waals surface area contributed by atoms with Gasteiger partial charge >= 0.3 is 12.0 Å². The van der Waals surface area contributed by atoms with Crippen LogP contribution >= 0.6 is 0 Å². The number of ether oxygens (including phenoxy) is 1. The summed E-state index contributed by atoms with van der Waals surface area (Å²) in [6.07, 6.45) is 3.11. The molecule has 1 saturated carbocycles. The van der Waals surface area contributed by atoms with Crippen molar-refractivity contribution in [2.24, 2.45) is 0 Å². The van der Waals surface area contributed by atoms with Crippen LogP contribution in [0.4, 0.5) is 4.79 Å². The van der Waals surface area contributed by atoms with Crippen molar-refractivity contribution in [3.05, 3.63) is 35.9 Å². The standard InChI is InChI=1S/C21H25N3O6/c1-14(25)16(11-15-7-3-2-4-8-15)22-17(26)13-30-18(27)12-24-19(28)21(23-20(24)29)9-5-6-10-21/h2-4,7-8,16H,5-6,9-13H2,1H3,(H,22,26)(H,23,29)/t16-/m0/s1. The Morgan fingerprint density at radius 3 is 2.47 bits per heavy atom. The average molecular weight is 415 g/mol. The van der Waals surface area contributed by atoms with Gasteiger partial charge in [0.15, 0.2) is 12.4 Å². The molecular weight excluding hydrogens is 390 g/mol. The summed E-state index contributed by atoms with van der Waals surface area (Å²) >= 11 is 0. The van der Waals surface area contributed by atoms with E-state index in [1.165, 1.54) is 6.92 Å². The second kappa shape index (κ2) is 9.06. The first-order valence-corrected chi connectivity index (χ1v) is 9.94. The van der Waals surface area contributed by atoms with E-state index in [9.17, 15) is 24.0 Å². The van der Waals surface area contributed by atoms with E-state index in [2.05, 4.69) is 10.6 Å². The highest BCUT2D eigenvalue weighted by Gasteiger charge is 2.52. The molecule has 0 bridgehead atoms. The van der Waals surface area contributed by atoms with Gasteiger partial charge in [-0.3, -0.25) is 24.1 Å². The lowest BCUT2D eigenvalue weighted by molar-refractivity contribution is -0.151. The van der Waals surface area contributed by atoms with E-state index in [0.717, 1.165) is 23.3 Å². The second-order valence-electron chi connectivity index (χ2n) is 7.69.